The molecule has 0 heterocycles. The fourth-order valence-corrected chi connectivity index (χ4v) is 1.66. The number of ether oxygens (including phenoxy) is 1. The molecular weight excluding hydrogens is 228 g/mol. The Balaban J connectivity index is 2.58. The van der Waals surface area contributed by atoms with Gasteiger partial charge in [0.25, 0.3) is 0 Å². The lowest BCUT2D eigenvalue weighted by Gasteiger charge is -2.12. The Morgan fingerprint density at radius 2 is 2.11 bits per heavy atom. The largest absolute Gasteiger partial charge is 0.493 e. The summed E-state index contributed by atoms with van der Waals surface area (Å²) in [7, 11) is 4.11. The average molecular weight is 250 g/mol. The van der Waals surface area contributed by atoms with Crippen LogP contribution in [0, 0.1) is 6.92 Å². The highest BCUT2D eigenvalue weighted by atomic mass is 16.5. The van der Waals surface area contributed by atoms with Gasteiger partial charge in [-0.3, -0.25) is 0 Å². The van der Waals surface area contributed by atoms with E-state index in [4.69, 9.17) is 9.94 Å². The smallest absolute Gasteiger partial charge is 0.122 e. The number of hydrogen-bond donors (Lipinski definition) is 1. The van der Waals surface area contributed by atoms with Crippen molar-refractivity contribution >= 4 is 5.71 Å². The van der Waals surface area contributed by atoms with Gasteiger partial charge in [-0.2, -0.15) is 0 Å². The molecule has 0 spiro atoms. The van der Waals surface area contributed by atoms with Crippen LogP contribution in [0.5, 0.6) is 5.75 Å². The molecule has 1 aromatic rings. The normalized spacial score (nSPS) is 11.9. The summed E-state index contributed by atoms with van der Waals surface area (Å²) in [6.07, 6.45) is 1.01. The molecule has 0 amide bonds. The highest BCUT2D eigenvalue weighted by Gasteiger charge is 2.04. The summed E-state index contributed by atoms with van der Waals surface area (Å²) in [6.45, 7) is 5.50. The highest BCUT2D eigenvalue weighted by Crippen LogP contribution is 2.19. The predicted octanol–water partition coefficient (Wildman–Crippen LogP) is 2.52. The molecule has 100 valence electrons. The minimum Gasteiger partial charge on any atom is -0.493 e. The van der Waals surface area contributed by atoms with Crippen molar-refractivity contribution < 1.29 is 9.94 Å². The van der Waals surface area contributed by atoms with E-state index in [0.717, 1.165) is 29.8 Å². The molecule has 0 aromatic heterocycles. The van der Waals surface area contributed by atoms with Crippen LogP contribution in [0.15, 0.2) is 23.4 Å². The molecule has 0 unspecified atom stereocenters. The Hall–Kier alpha value is -1.55. The average Bonchev–Trinajstić information content (AvgIpc) is 2.34. The Labute approximate surface area is 109 Å². The van der Waals surface area contributed by atoms with Crippen LogP contribution < -0.4 is 4.74 Å². The van der Waals surface area contributed by atoms with E-state index in [1.165, 1.54) is 0 Å². The van der Waals surface area contributed by atoms with Crippen molar-refractivity contribution in [3.63, 3.8) is 0 Å². The van der Waals surface area contributed by atoms with Gasteiger partial charge in [-0.15, -0.1) is 0 Å². The molecule has 0 radical (unpaired) electrons. The molecule has 0 saturated heterocycles. The van der Waals surface area contributed by atoms with Gasteiger partial charge in [0, 0.05) is 6.54 Å². The van der Waals surface area contributed by atoms with Gasteiger partial charge in [-0.1, -0.05) is 5.16 Å². The Morgan fingerprint density at radius 1 is 1.39 bits per heavy atom. The van der Waals surface area contributed by atoms with Gasteiger partial charge in [-0.05, 0) is 63.7 Å². The third-order valence-electron chi connectivity index (χ3n) is 2.75. The van der Waals surface area contributed by atoms with Crippen LogP contribution in [0.25, 0.3) is 0 Å². The quantitative estimate of drug-likeness (QED) is 0.365. The SMILES string of the molecule is C/C(=N\O)c1ccc(OCCCN(C)C)c(C)c1. The van der Waals surface area contributed by atoms with Gasteiger partial charge >= 0.3 is 0 Å². The minimum atomic E-state index is 0.609. The molecule has 4 nitrogen and oxygen atoms in total. The van der Waals surface area contributed by atoms with Crippen LogP contribution in [0.4, 0.5) is 0 Å². The van der Waals surface area contributed by atoms with Gasteiger partial charge in [0.15, 0.2) is 0 Å². The summed E-state index contributed by atoms with van der Waals surface area (Å²) < 4.78 is 5.73. The molecular formula is C14H22N2O2. The van der Waals surface area contributed by atoms with Gasteiger partial charge in [0.1, 0.15) is 5.75 Å². The molecule has 4 heteroatoms. The van der Waals surface area contributed by atoms with E-state index >= 15 is 0 Å². The second kappa shape index (κ2) is 7.01. The molecule has 1 rings (SSSR count). The summed E-state index contributed by atoms with van der Waals surface area (Å²) in [4.78, 5) is 2.14. The third kappa shape index (κ3) is 4.37. The highest BCUT2D eigenvalue weighted by molar-refractivity contribution is 5.98. The molecule has 0 aliphatic heterocycles. The van der Waals surface area contributed by atoms with Crippen LogP contribution >= 0.6 is 0 Å². The first-order valence-corrected chi connectivity index (χ1v) is 6.12. The van der Waals surface area contributed by atoms with E-state index in [9.17, 15) is 0 Å². The number of oxime groups is 1. The van der Waals surface area contributed by atoms with Crippen LogP contribution in [-0.2, 0) is 0 Å². The maximum absolute atomic E-state index is 8.73. The lowest BCUT2D eigenvalue weighted by Crippen LogP contribution is -2.15. The van der Waals surface area contributed by atoms with Crippen molar-refractivity contribution in [3.8, 4) is 5.75 Å². The lowest BCUT2D eigenvalue weighted by atomic mass is 10.1. The van der Waals surface area contributed by atoms with Crippen molar-refractivity contribution in [1.82, 2.24) is 4.90 Å². The predicted molar refractivity (Wildman–Crippen MR) is 73.8 cm³/mol. The summed E-state index contributed by atoms with van der Waals surface area (Å²) in [6, 6.07) is 5.80. The molecule has 0 bridgehead atoms. The summed E-state index contributed by atoms with van der Waals surface area (Å²) in [5.74, 6) is 0.892. The van der Waals surface area contributed by atoms with E-state index in [0.29, 0.717) is 12.3 Å². The second-order valence-electron chi connectivity index (χ2n) is 4.67. The van der Waals surface area contributed by atoms with Crippen molar-refractivity contribution in [2.75, 3.05) is 27.2 Å². The van der Waals surface area contributed by atoms with E-state index in [1.54, 1.807) is 6.92 Å². The van der Waals surface area contributed by atoms with Crippen molar-refractivity contribution in [3.05, 3.63) is 29.3 Å². The maximum atomic E-state index is 8.73. The van der Waals surface area contributed by atoms with E-state index in [1.807, 2.05) is 25.1 Å². The van der Waals surface area contributed by atoms with Gasteiger partial charge in [0.05, 0.1) is 12.3 Å². The molecule has 0 aliphatic rings. The minimum absolute atomic E-state index is 0.609. The Bertz CT molecular complexity index is 414. The first-order chi connectivity index (χ1) is 8.54. The summed E-state index contributed by atoms with van der Waals surface area (Å²) >= 11 is 0. The summed E-state index contributed by atoms with van der Waals surface area (Å²) in [5, 5.41) is 11.9. The topological polar surface area (TPSA) is 45.1 Å². The zero-order valence-corrected chi connectivity index (χ0v) is 11.6. The Kier molecular flexibility index (Phi) is 5.65. The fraction of sp³-hybridized carbons (Fsp3) is 0.500. The number of benzene rings is 1. The monoisotopic (exact) mass is 250 g/mol. The van der Waals surface area contributed by atoms with Crippen LogP contribution in [0.3, 0.4) is 0 Å². The van der Waals surface area contributed by atoms with Crippen molar-refractivity contribution in [2.24, 2.45) is 5.16 Å². The van der Waals surface area contributed by atoms with E-state index in [2.05, 4.69) is 24.2 Å². The zero-order chi connectivity index (χ0) is 13.5. The second-order valence-corrected chi connectivity index (χ2v) is 4.67. The molecule has 0 atom stereocenters. The van der Waals surface area contributed by atoms with Gasteiger partial charge < -0.3 is 14.8 Å². The first-order valence-electron chi connectivity index (χ1n) is 6.12. The third-order valence-corrected chi connectivity index (χ3v) is 2.75. The van der Waals surface area contributed by atoms with Crippen molar-refractivity contribution in [2.45, 2.75) is 20.3 Å². The Morgan fingerprint density at radius 3 is 2.67 bits per heavy atom. The number of aryl methyl sites for hydroxylation is 1. The van der Waals surface area contributed by atoms with E-state index in [-0.39, 0.29) is 0 Å². The molecule has 1 aromatic carbocycles. The van der Waals surface area contributed by atoms with Crippen molar-refractivity contribution in [1.29, 1.82) is 0 Å². The zero-order valence-electron chi connectivity index (χ0n) is 11.6. The molecule has 18 heavy (non-hydrogen) atoms. The van der Waals surface area contributed by atoms with Crippen LogP contribution in [0.1, 0.15) is 24.5 Å². The van der Waals surface area contributed by atoms with Crippen LogP contribution in [-0.4, -0.2) is 43.1 Å². The van der Waals surface area contributed by atoms with Gasteiger partial charge in [-0.25, -0.2) is 0 Å². The number of nitrogens with zero attached hydrogens (tertiary/aromatic N) is 2. The molecule has 1 N–H and O–H groups in total. The molecule has 0 saturated carbocycles. The number of rotatable bonds is 6. The summed E-state index contributed by atoms with van der Waals surface area (Å²) in [5.41, 5.74) is 2.58. The molecule has 0 aliphatic carbocycles. The van der Waals surface area contributed by atoms with Gasteiger partial charge in [0.2, 0.25) is 0 Å². The van der Waals surface area contributed by atoms with E-state index < -0.39 is 0 Å². The maximum Gasteiger partial charge on any atom is 0.122 e. The van der Waals surface area contributed by atoms with Crippen LogP contribution in [0.2, 0.25) is 0 Å². The standard InChI is InChI=1S/C14H22N2O2/c1-11-10-13(12(2)15-17)6-7-14(11)18-9-5-8-16(3)4/h6-7,10,17H,5,8-9H2,1-4H3/b15-12+. The molecule has 0 fully saturated rings. The lowest BCUT2D eigenvalue weighted by molar-refractivity contribution is 0.280. The first kappa shape index (κ1) is 14.5. The fourth-order valence-electron chi connectivity index (χ4n) is 1.66. The number of hydrogen-bond acceptors (Lipinski definition) is 4.